The van der Waals surface area contributed by atoms with Crippen LogP contribution in [0.5, 0.6) is 0 Å². The summed E-state index contributed by atoms with van der Waals surface area (Å²) in [6, 6.07) is 13.7. The molecule has 0 aliphatic rings. The lowest BCUT2D eigenvalue weighted by Crippen LogP contribution is -2.30. The van der Waals surface area contributed by atoms with Crippen molar-refractivity contribution < 1.29 is 4.39 Å². The van der Waals surface area contributed by atoms with Crippen LogP contribution in [0.25, 0.3) is 0 Å². The molecule has 2 aromatic rings. The molecule has 0 aromatic heterocycles. The topological polar surface area (TPSA) is 15.3 Å². The molecule has 0 bridgehead atoms. The van der Waals surface area contributed by atoms with Gasteiger partial charge in [0.2, 0.25) is 0 Å². The first-order valence-electron chi connectivity index (χ1n) is 6.07. The van der Waals surface area contributed by atoms with Crippen molar-refractivity contribution in [3.8, 4) is 0 Å². The Labute approximate surface area is 128 Å². The SMILES string of the molecule is CN(Cc1ccccc1Cl)C(=S)Nc1ccc(F)cc1. The number of nitrogens with one attached hydrogen (secondary N) is 1. The smallest absolute Gasteiger partial charge is 0.173 e. The van der Waals surface area contributed by atoms with Gasteiger partial charge in [-0.1, -0.05) is 29.8 Å². The highest BCUT2D eigenvalue weighted by atomic mass is 35.5. The summed E-state index contributed by atoms with van der Waals surface area (Å²) in [5, 5.41) is 4.32. The summed E-state index contributed by atoms with van der Waals surface area (Å²) in [6.45, 7) is 0.604. The molecule has 2 rings (SSSR count). The molecule has 0 unspecified atom stereocenters. The van der Waals surface area contributed by atoms with Crippen LogP contribution in [-0.4, -0.2) is 17.1 Å². The first-order chi connectivity index (χ1) is 9.56. The number of anilines is 1. The Morgan fingerprint density at radius 3 is 2.50 bits per heavy atom. The molecule has 0 fully saturated rings. The van der Waals surface area contributed by atoms with Gasteiger partial charge in [-0.2, -0.15) is 0 Å². The fourth-order valence-electron chi connectivity index (χ4n) is 1.71. The summed E-state index contributed by atoms with van der Waals surface area (Å²) in [4.78, 5) is 1.87. The maximum absolute atomic E-state index is 12.8. The molecule has 0 atom stereocenters. The number of halogens is 2. The fraction of sp³-hybridized carbons (Fsp3) is 0.133. The highest BCUT2D eigenvalue weighted by Gasteiger charge is 2.07. The molecule has 2 aromatic carbocycles. The van der Waals surface area contributed by atoms with E-state index < -0.39 is 0 Å². The molecule has 0 amide bonds. The minimum absolute atomic E-state index is 0.272. The second kappa shape index (κ2) is 6.68. The summed E-state index contributed by atoms with van der Waals surface area (Å²) >= 11 is 11.4. The zero-order valence-corrected chi connectivity index (χ0v) is 12.5. The molecular weight excluding hydrogens is 295 g/mol. The monoisotopic (exact) mass is 308 g/mol. The lowest BCUT2D eigenvalue weighted by molar-refractivity contribution is 0.508. The number of nitrogens with zero attached hydrogens (tertiary/aromatic N) is 1. The van der Waals surface area contributed by atoms with Gasteiger partial charge in [-0.15, -0.1) is 0 Å². The number of rotatable bonds is 3. The zero-order valence-electron chi connectivity index (χ0n) is 10.9. The summed E-state index contributed by atoms with van der Waals surface area (Å²) < 4.78 is 12.8. The lowest BCUT2D eigenvalue weighted by Gasteiger charge is -2.21. The molecule has 0 heterocycles. The van der Waals surface area contributed by atoms with Crippen LogP contribution >= 0.6 is 23.8 Å². The first kappa shape index (κ1) is 14.8. The summed E-state index contributed by atoms with van der Waals surface area (Å²) in [7, 11) is 1.88. The Morgan fingerprint density at radius 1 is 1.20 bits per heavy atom. The van der Waals surface area contributed by atoms with Crippen molar-refractivity contribution >= 4 is 34.6 Å². The van der Waals surface area contributed by atoms with Gasteiger partial charge in [0.05, 0.1) is 0 Å². The van der Waals surface area contributed by atoms with E-state index in [9.17, 15) is 4.39 Å². The maximum atomic E-state index is 12.8. The summed E-state index contributed by atoms with van der Waals surface area (Å²) in [5.41, 5.74) is 1.75. The molecule has 0 saturated carbocycles. The van der Waals surface area contributed by atoms with Crippen molar-refractivity contribution in [1.29, 1.82) is 0 Å². The molecule has 5 heteroatoms. The average molecular weight is 309 g/mol. The quantitative estimate of drug-likeness (QED) is 0.851. The maximum Gasteiger partial charge on any atom is 0.173 e. The Bertz CT molecular complexity index is 601. The van der Waals surface area contributed by atoms with Crippen LogP contribution in [0, 0.1) is 5.82 Å². The van der Waals surface area contributed by atoms with Crippen molar-refractivity contribution in [3.05, 3.63) is 64.9 Å². The van der Waals surface area contributed by atoms with Gasteiger partial charge in [-0.05, 0) is 48.1 Å². The Morgan fingerprint density at radius 2 is 1.85 bits per heavy atom. The highest BCUT2D eigenvalue weighted by molar-refractivity contribution is 7.80. The molecule has 0 spiro atoms. The second-order valence-electron chi connectivity index (χ2n) is 4.38. The third kappa shape index (κ3) is 3.92. The molecule has 2 nitrogen and oxygen atoms in total. The van der Waals surface area contributed by atoms with Crippen LogP contribution in [0.4, 0.5) is 10.1 Å². The first-order valence-corrected chi connectivity index (χ1v) is 6.86. The molecule has 0 aliphatic carbocycles. The predicted octanol–water partition coefficient (Wildman–Crippen LogP) is 4.31. The van der Waals surface area contributed by atoms with E-state index in [-0.39, 0.29) is 5.82 Å². The number of hydrogen-bond donors (Lipinski definition) is 1. The zero-order chi connectivity index (χ0) is 14.5. The van der Waals surface area contributed by atoms with E-state index in [4.69, 9.17) is 23.8 Å². The van der Waals surface area contributed by atoms with E-state index in [1.807, 2.05) is 36.2 Å². The van der Waals surface area contributed by atoms with Gasteiger partial charge in [-0.25, -0.2) is 4.39 Å². The Hall–Kier alpha value is -1.65. The predicted molar refractivity (Wildman–Crippen MR) is 85.5 cm³/mol. The van der Waals surface area contributed by atoms with Gasteiger partial charge in [0.15, 0.2) is 5.11 Å². The van der Waals surface area contributed by atoms with Gasteiger partial charge in [0, 0.05) is 24.3 Å². The van der Waals surface area contributed by atoms with Crippen LogP contribution < -0.4 is 5.32 Å². The Kier molecular flexibility index (Phi) is 4.93. The summed E-state index contributed by atoms with van der Waals surface area (Å²) in [5.74, 6) is -0.272. The van der Waals surface area contributed by atoms with E-state index >= 15 is 0 Å². The van der Waals surface area contributed by atoms with Crippen LogP contribution in [0.3, 0.4) is 0 Å². The summed E-state index contributed by atoms with van der Waals surface area (Å²) in [6.07, 6.45) is 0. The van der Waals surface area contributed by atoms with E-state index in [2.05, 4.69) is 5.32 Å². The van der Waals surface area contributed by atoms with E-state index in [1.165, 1.54) is 12.1 Å². The van der Waals surface area contributed by atoms with E-state index in [0.717, 1.165) is 11.3 Å². The lowest BCUT2D eigenvalue weighted by atomic mass is 10.2. The normalized spacial score (nSPS) is 10.2. The fourth-order valence-corrected chi connectivity index (χ4v) is 2.08. The average Bonchev–Trinajstić information content (AvgIpc) is 2.44. The molecule has 0 radical (unpaired) electrons. The van der Waals surface area contributed by atoms with Crippen LogP contribution in [0.15, 0.2) is 48.5 Å². The number of thiocarbonyl (C=S) groups is 1. The van der Waals surface area contributed by atoms with Crippen LogP contribution in [-0.2, 0) is 6.54 Å². The standard InChI is InChI=1S/C15H14ClFN2S/c1-19(10-11-4-2-3-5-14(11)16)15(20)18-13-8-6-12(17)7-9-13/h2-9H,10H2,1H3,(H,18,20). The van der Waals surface area contributed by atoms with Crippen molar-refractivity contribution in [3.63, 3.8) is 0 Å². The van der Waals surface area contributed by atoms with Gasteiger partial charge in [0.1, 0.15) is 5.82 Å². The van der Waals surface area contributed by atoms with Crippen molar-refractivity contribution in [1.82, 2.24) is 4.90 Å². The van der Waals surface area contributed by atoms with Crippen molar-refractivity contribution in [2.75, 3.05) is 12.4 Å². The molecule has 104 valence electrons. The van der Waals surface area contributed by atoms with Gasteiger partial charge < -0.3 is 10.2 Å². The molecule has 20 heavy (non-hydrogen) atoms. The molecule has 0 aliphatic heterocycles. The number of hydrogen-bond acceptors (Lipinski definition) is 1. The largest absolute Gasteiger partial charge is 0.348 e. The van der Waals surface area contributed by atoms with Gasteiger partial charge in [-0.3, -0.25) is 0 Å². The van der Waals surface area contributed by atoms with Crippen LogP contribution in [0.2, 0.25) is 5.02 Å². The third-order valence-corrected chi connectivity index (χ3v) is 3.59. The Balaban J connectivity index is 1.99. The molecular formula is C15H14ClFN2S. The minimum atomic E-state index is -0.272. The van der Waals surface area contributed by atoms with E-state index in [1.54, 1.807) is 12.1 Å². The van der Waals surface area contributed by atoms with E-state index in [0.29, 0.717) is 16.7 Å². The minimum Gasteiger partial charge on any atom is -0.348 e. The number of benzene rings is 2. The van der Waals surface area contributed by atoms with Crippen molar-refractivity contribution in [2.24, 2.45) is 0 Å². The molecule has 0 saturated heterocycles. The van der Waals surface area contributed by atoms with Crippen molar-refractivity contribution in [2.45, 2.75) is 6.54 Å². The van der Waals surface area contributed by atoms with Gasteiger partial charge in [0.25, 0.3) is 0 Å². The molecule has 1 N–H and O–H groups in total. The third-order valence-electron chi connectivity index (χ3n) is 2.81. The second-order valence-corrected chi connectivity index (χ2v) is 5.18. The van der Waals surface area contributed by atoms with Gasteiger partial charge >= 0.3 is 0 Å². The van der Waals surface area contributed by atoms with Crippen LogP contribution in [0.1, 0.15) is 5.56 Å². The highest BCUT2D eigenvalue weighted by Crippen LogP contribution is 2.17.